The monoisotopic (exact) mass is 440 g/mol. The van der Waals surface area contributed by atoms with E-state index < -0.39 is 0 Å². The van der Waals surface area contributed by atoms with Gasteiger partial charge in [0.25, 0.3) is 0 Å². The van der Waals surface area contributed by atoms with E-state index in [-0.39, 0.29) is 24.8 Å². The Hall–Kier alpha value is -2.75. The molecule has 0 fully saturated rings. The minimum Gasteiger partial charge on any atom is -0.488 e. The molecule has 0 aliphatic carbocycles. The highest BCUT2D eigenvalue weighted by Gasteiger charge is 2.13. The fourth-order valence-electron chi connectivity index (χ4n) is 3.35. The van der Waals surface area contributed by atoms with Crippen LogP contribution >= 0.6 is 24.8 Å². The van der Waals surface area contributed by atoms with Crippen molar-refractivity contribution in [3.63, 3.8) is 0 Å². The SMILES string of the molecule is CN1CCN=C(/C=C/c2ccccc2OCc2ccccc2)c2ccccc21.Cl.Cl. The molecule has 0 aromatic heterocycles. The Bertz CT molecular complexity index is 1000. The van der Waals surface area contributed by atoms with Gasteiger partial charge < -0.3 is 9.64 Å². The summed E-state index contributed by atoms with van der Waals surface area (Å²) in [5.74, 6) is 0.877. The summed E-state index contributed by atoms with van der Waals surface area (Å²) in [7, 11) is 2.12. The number of nitrogens with zero attached hydrogens (tertiary/aromatic N) is 2. The molecule has 1 aliphatic heterocycles. The van der Waals surface area contributed by atoms with Gasteiger partial charge in [-0.05, 0) is 29.8 Å². The Morgan fingerprint density at radius 2 is 1.57 bits per heavy atom. The summed E-state index contributed by atoms with van der Waals surface area (Å²) in [6, 6.07) is 26.8. The van der Waals surface area contributed by atoms with Crippen molar-refractivity contribution >= 4 is 42.3 Å². The number of allylic oxidation sites excluding steroid dienone is 1. The molecule has 0 atom stereocenters. The van der Waals surface area contributed by atoms with E-state index in [9.17, 15) is 0 Å². The molecule has 3 aromatic rings. The number of hydrogen-bond acceptors (Lipinski definition) is 3. The van der Waals surface area contributed by atoms with E-state index in [2.05, 4.69) is 66.6 Å². The fourth-order valence-corrected chi connectivity index (χ4v) is 3.35. The average molecular weight is 441 g/mol. The van der Waals surface area contributed by atoms with Crippen LogP contribution in [0.25, 0.3) is 6.08 Å². The fraction of sp³-hybridized carbons (Fsp3) is 0.160. The summed E-state index contributed by atoms with van der Waals surface area (Å²) >= 11 is 0. The van der Waals surface area contributed by atoms with E-state index in [1.54, 1.807) is 0 Å². The smallest absolute Gasteiger partial charge is 0.127 e. The molecule has 30 heavy (non-hydrogen) atoms. The molecule has 0 N–H and O–H groups in total. The van der Waals surface area contributed by atoms with E-state index in [1.165, 1.54) is 11.3 Å². The van der Waals surface area contributed by atoms with Gasteiger partial charge in [-0.3, -0.25) is 4.99 Å². The highest BCUT2D eigenvalue weighted by atomic mass is 35.5. The number of benzene rings is 3. The van der Waals surface area contributed by atoms with Crippen LogP contribution in [0.4, 0.5) is 5.69 Å². The number of likely N-dealkylation sites (N-methyl/N-ethyl adjacent to an activating group) is 1. The second-order valence-electron chi connectivity index (χ2n) is 6.85. The van der Waals surface area contributed by atoms with Crippen molar-refractivity contribution < 1.29 is 4.74 Å². The van der Waals surface area contributed by atoms with Gasteiger partial charge in [0.1, 0.15) is 12.4 Å². The molecule has 1 heterocycles. The van der Waals surface area contributed by atoms with Gasteiger partial charge in [0, 0.05) is 30.4 Å². The first-order valence-electron chi connectivity index (χ1n) is 9.60. The van der Waals surface area contributed by atoms with Crippen molar-refractivity contribution in [2.24, 2.45) is 4.99 Å². The maximum atomic E-state index is 6.07. The predicted molar refractivity (Wildman–Crippen MR) is 132 cm³/mol. The van der Waals surface area contributed by atoms with Crippen molar-refractivity contribution in [2.45, 2.75) is 6.61 Å². The molecular formula is C25H26Cl2N2O. The molecular weight excluding hydrogens is 415 g/mol. The minimum absolute atomic E-state index is 0. The molecule has 0 spiro atoms. The van der Waals surface area contributed by atoms with Gasteiger partial charge in [0.05, 0.1) is 12.3 Å². The highest BCUT2D eigenvalue weighted by Crippen LogP contribution is 2.25. The number of fused-ring (bicyclic) bond motifs is 1. The Morgan fingerprint density at radius 1 is 0.867 bits per heavy atom. The lowest BCUT2D eigenvalue weighted by molar-refractivity contribution is 0.305. The second kappa shape index (κ2) is 11.4. The van der Waals surface area contributed by atoms with Gasteiger partial charge in [-0.15, -0.1) is 24.8 Å². The average Bonchev–Trinajstić information content (AvgIpc) is 2.91. The minimum atomic E-state index is 0. The third-order valence-corrected chi connectivity index (χ3v) is 4.89. The molecule has 0 amide bonds. The van der Waals surface area contributed by atoms with Crippen LogP contribution in [-0.2, 0) is 6.61 Å². The first-order valence-corrected chi connectivity index (χ1v) is 9.60. The number of anilines is 1. The normalized spacial score (nSPS) is 12.8. The molecule has 5 heteroatoms. The van der Waals surface area contributed by atoms with Crippen molar-refractivity contribution in [2.75, 3.05) is 25.0 Å². The van der Waals surface area contributed by atoms with Crippen molar-refractivity contribution in [1.82, 2.24) is 0 Å². The number of rotatable bonds is 5. The number of para-hydroxylation sites is 2. The molecule has 4 rings (SSSR count). The first-order chi connectivity index (χ1) is 13.8. The standard InChI is InChI=1S/C25H24N2O.2ClH/c1-27-18-17-26-23(22-12-6-7-13-24(22)27)16-15-21-11-5-8-14-25(21)28-19-20-9-3-2-4-10-20;;/h2-16H,17-19H2,1H3;2*1H/b16-15+;;. The Labute approximate surface area is 190 Å². The zero-order valence-corrected chi connectivity index (χ0v) is 18.5. The van der Waals surface area contributed by atoms with Crippen molar-refractivity contribution in [3.05, 3.63) is 102 Å². The maximum absolute atomic E-state index is 6.07. The van der Waals surface area contributed by atoms with Crippen LogP contribution < -0.4 is 9.64 Å². The molecule has 0 bridgehead atoms. The summed E-state index contributed by atoms with van der Waals surface area (Å²) in [5, 5.41) is 0. The largest absolute Gasteiger partial charge is 0.488 e. The lowest BCUT2D eigenvalue weighted by atomic mass is 10.1. The zero-order chi connectivity index (χ0) is 19.2. The predicted octanol–water partition coefficient (Wildman–Crippen LogP) is 6.06. The Balaban J connectivity index is 0.00000160. The summed E-state index contributed by atoms with van der Waals surface area (Å²) < 4.78 is 6.07. The van der Waals surface area contributed by atoms with Gasteiger partial charge in [0.2, 0.25) is 0 Å². The summed E-state index contributed by atoms with van der Waals surface area (Å²) in [4.78, 5) is 7.06. The van der Waals surface area contributed by atoms with Crippen molar-refractivity contribution in [1.29, 1.82) is 0 Å². The van der Waals surface area contributed by atoms with Gasteiger partial charge in [-0.2, -0.15) is 0 Å². The van der Waals surface area contributed by atoms with Gasteiger partial charge in [-0.1, -0.05) is 66.7 Å². The van der Waals surface area contributed by atoms with Crippen LogP contribution in [0.3, 0.4) is 0 Å². The number of hydrogen-bond donors (Lipinski definition) is 0. The molecule has 0 unspecified atom stereocenters. The van der Waals surface area contributed by atoms with E-state index in [0.29, 0.717) is 6.61 Å². The maximum Gasteiger partial charge on any atom is 0.127 e. The highest BCUT2D eigenvalue weighted by molar-refractivity contribution is 6.14. The molecule has 3 aromatic carbocycles. The van der Waals surface area contributed by atoms with Crippen LogP contribution in [0.15, 0.2) is 89.9 Å². The van der Waals surface area contributed by atoms with E-state index in [1.807, 2.05) is 36.4 Å². The first kappa shape index (κ1) is 23.5. The van der Waals surface area contributed by atoms with Gasteiger partial charge >= 0.3 is 0 Å². The van der Waals surface area contributed by atoms with Gasteiger partial charge in [-0.25, -0.2) is 0 Å². The van der Waals surface area contributed by atoms with Crippen molar-refractivity contribution in [3.8, 4) is 5.75 Å². The topological polar surface area (TPSA) is 24.8 Å². The van der Waals surface area contributed by atoms with Crippen LogP contribution in [-0.4, -0.2) is 25.8 Å². The van der Waals surface area contributed by atoms with E-state index in [0.717, 1.165) is 35.7 Å². The zero-order valence-electron chi connectivity index (χ0n) is 16.9. The molecule has 0 radical (unpaired) electrons. The summed E-state index contributed by atoms with van der Waals surface area (Å²) in [6.45, 7) is 2.27. The van der Waals surface area contributed by atoms with Crippen LogP contribution in [0.1, 0.15) is 16.7 Å². The third-order valence-electron chi connectivity index (χ3n) is 4.89. The van der Waals surface area contributed by atoms with Crippen LogP contribution in [0.2, 0.25) is 0 Å². The number of aliphatic imine (C=N–C) groups is 1. The molecule has 3 nitrogen and oxygen atoms in total. The quantitative estimate of drug-likeness (QED) is 0.481. The number of halogens is 2. The second-order valence-corrected chi connectivity index (χ2v) is 6.85. The molecule has 0 saturated carbocycles. The summed E-state index contributed by atoms with van der Waals surface area (Å²) in [5.41, 5.74) is 5.61. The lowest BCUT2D eigenvalue weighted by Crippen LogP contribution is -2.20. The van der Waals surface area contributed by atoms with Crippen LogP contribution in [0.5, 0.6) is 5.75 Å². The summed E-state index contributed by atoms with van der Waals surface area (Å²) in [6.07, 6.45) is 4.20. The van der Waals surface area contributed by atoms with E-state index in [4.69, 9.17) is 9.73 Å². The number of benzodiazepines with no additional fused rings is 1. The lowest BCUT2D eigenvalue weighted by Gasteiger charge is -2.18. The third kappa shape index (κ3) is 5.65. The van der Waals surface area contributed by atoms with Crippen LogP contribution in [0, 0.1) is 0 Å². The Morgan fingerprint density at radius 3 is 2.40 bits per heavy atom. The van der Waals surface area contributed by atoms with E-state index >= 15 is 0 Å². The van der Waals surface area contributed by atoms with Gasteiger partial charge in [0.15, 0.2) is 0 Å². The molecule has 156 valence electrons. The Kier molecular flexibility index (Phi) is 8.97. The molecule has 1 aliphatic rings. The molecule has 0 saturated heterocycles. The number of ether oxygens (including phenoxy) is 1.